The standard InChI is InChI=1S/C24H23ClN3O7PS/c1-2-14-7-9-15(10-8-14)22(30)26-19-11-12-28(24(31)27-19)23-20(29)21-18(33-23)13-32-36(37,35-21)34-17-6-4-3-5-16(17)25/h3-12,18,20-21,23,29H,2,13H2,1H3,(H,26,27,30,31)/t18-,20?,21?,23-,36?/m1/s1. The van der Waals surface area contributed by atoms with Gasteiger partial charge in [0.25, 0.3) is 5.91 Å². The Morgan fingerprint density at radius 2 is 2.03 bits per heavy atom. The fourth-order valence-electron chi connectivity index (χ4n) is 4.00. The second kappa shape index (κ2) is 10.6. The summed E-state index contributed by atoms with van der Waals surface area (Å²) < 4.78 is 24.2. The third-order valence-electron chi connectivity index (χ3n) is 5.97. The minimum absolute atomic E-state index is 0.00685. The van der Waals surface area contributed by atoms with E-state index in [2.05, 4.69) is 10.3 Å². The van der Waals surface area contributed by atoms with Gasteiger partial charge in [0.05, 0.1) is 11.6 Å². The minimum Gasteiger partial charge on any atom is -0.423 e. The van der Waals surface area contributed by atoms with E-state index in [1.807, 2.05) is 19.1 Å². The van der Waals surface area contributed by atoms with Crippen molar-refractivity contribution in [2.75, 3.05) is 11.9 Å². The van der Waals surface area contributed by atoms with E-state index in [-0.39, 0.29) is 12.4 Å². The highest BCUT2D eigenvalue weighted by atomic mass is 35.5. The molecule has 5 rings (SSSR count). The molecule has 37 heavy (non-hydrogen) atoms. The predicted molar refractivity (Wildman–Crippen MR) is 139 cm³/mol. The maximum Gasteiger partial charge on any atom is 0.381 e. The Kier molecular flexibility index (Phi) is 7.46. The molecule has 2 aliphatic rings. The first-order valence-corrected chi connectivity index (χ1v) is 14.4. The highest BCUT2D eigenvalue weighted by Crippen LogP contribution is 2.57. The molecule has 5 atom stereocenters. The summed E-state index contributed by atoms with van der Waals surface area (Å²) >= 11 is 11.6. The molecule has 10 nitrogen and oxygen atoms in total. The van der Waals surface area contributed by atoms with Crippen LogP contribution in [-0.4, -0.2) is 45.5 Å². The molecule has 2 aromatic carbocycles. The van der Waals surface area contributed by atoms with Crippen LogP contribution in [0, 0.1) is 0 Å². The number of hydrogen-bond donors (Lipinski definition) is 2. The summed E-state index contributed by atoms with van der Waals surface area (Å²) in [6.45, 7) is -1.28. The number of nitrogens with zero attached hydrogens (tertiary/aromatic N) is 2. The molecule has 3 heterocycles. The molecule has 2 N–H and O–H groups in total. The number of hydrogen-bond acceptors (Lipinski definition) is 9. The Labute approximate surface area is 222 Å². The van der Waals surface area contributed by atoms with Gasteiger partial charge in [0.15, 0.2) is 6.23 Å². The fraction of sp³-hybridized carbons (Fsp3) is 0.292. The van der Waals surface area contributed by atoms with E-state index >= 15 is 0 Å². The third kappa shape index (κ3) is 5.49. The number of aliphatic hydroxyl groups is 1. The number of rotatable bonds is 6. The van der Waals surface area contributed by atoms with Gasteiger partial charge in [-0.3, -0.25) is 18.4 Å². The fourth-order valence-corrected chi connectivity index (χ4v) is 6.40. The van der Waals surface area contributed by atoms with Gasteiger partial charge in [0.2, 0.25) is 0 Å². The second-order valence-corrected chi connectivity index (χ2v) is 11.7. The number of anilines is 1. The van der Waals surface area contributed by atoms with Crippen LogP contribution >= 0.6 is 18.3 Å². The van der Waals surface area contributed by atoms with Crippen molar-refractivity contribution in [3.05, 3.63) is 87.4 Å². The highest BCUT2D eigenvalue weighted by molar-refractivity contribution is 8.07. The van der Waals surface area contributed by atoms with Crippen LogP contribution in [0.4, 0.5) is 5.82 Å². The molecule has 194 valence electrons. The molecule has 1 amide bonds. The first-order valence-electron chi connectivity index (χ1n) is 11.5. The number of fused-ring (bicyclic) bond motifs is 1. The van der Waals surface area contributed by atoms with Crippen molar-refractivity contribution in [1.29, 1.82) is 0 Å². The van der Waals surface area contributed by atoms with E-state index < -0.39 is 42.9 Å². The van der Waals surface area contributed by atoms with Gasteiger partial charge in [-0.1, -0.05) is 42.8 Å². The van der Waals surface area contributed by atoms with Gasteiger partial charge in [-0.15, -0.1) is 0 Å². The molecule has 2 fully saturated rings. The molecule has 0 radical (unpaired) electrons. The summed E-state index contributed by atoms with van der Waals surface area (Å²) in [5, 5.41) is 13.9. The zero-order valence-corrected chi connectivity index (χ0v) is 22.0. The number of carbonyl (C=O) groups excluding carboxylic acids is 1. The summed E-state index contributed by atoms with van der Waals surface area (Å²) in [4.78, 5) is 29.2. The number of para-hydroxylation sites is 1. The number of nitrogens with one attached hydrogen (secondary N) is 1. The molecule has 2 saturated heterocycles. The molecule has 0 spiro atoms. The van der Waals surface area contributed by atoms with Gasteiger partial charge >= 0.3 is 12.4 Å². The van der Waals surface area contributed by atoms with Crippen LogP contribution in [0.5, 0.6) is 5.75 Å². The lowest BCUT2D eigenvalue weighted by Crippen LogP contribution is -2.40. The summed E-state index contributed by atoms with van der Waals surface area (Å²) in [6, 6.07) is 15.3. The van der Waals surface area contributed by atoms with Crippen molar-refractivity contribution < 1.29 is 28.2 Å². The lowest BCUT2D eigenvalue weighted by Gasteiger charge is -2.33. The molecule has 1 aromatic heterocycles. The van der Waals surface area contributed by atoms with Crippen molar-refractivity contribution in [2.24, 2.45) is 0 Å². The quantitative estimate of drug-likeness (QED) is 0.432. The van der Waals surface area contributed by atoms with Gasteiger partial charge in [0.1, 0.15) is 29.9 Å². The minimum atomic E-state index is -3.30. The largest absolute Gasteiger partial charge is 0.423 e. The van der Waals surface area contributed by atoms with E-state index in [0.29, 0.717) is 16.3 Å². The molecule has 2 aliphatic heterocycles. The molecule has 3 aromatic rings. The van der Waals surface area contributed by atoms with Crippen LogP contribution in [-0.2, 0) is 32.0 Å². The van der Waals surface area contributed by atoms with Crippen molar-refractivity contribution in [3.8, 4) is 5.75 Å². The number of aliphatic hydroxyl groups excluding tert-OH is 1. The van der Waals surface area contributed by atoms with E-state index in [1.165, 1.54) is 12.3 Å². The summed E-state index contributed by atoms with van der Waals surface area (Å²) in [5.74, 6) is -0.0282. The lowest BCUT2D eigenvalue weighted by molar-refractivity contribution is -0.0613. The van der Waals surface area contributed by atoms with Crippen molar-refractivity contribution in [1.82, 2.24) is 9.55 Å². The molecule has 0 bridgehead atoms. The maximum absolute atomic E-state index is 12.8. The van der Waals surface area contributed by atoms with Crippen molar-refractivity contribution >= 4 is 41.9 Å². The normalized spacial score (nSPS) is 26.9. The van der Waals surface area contributed by atoms with E-state index in [1.54, 1.807) is 36.4 Å². The summed E-state index contributed by atoms with van der Waals surface area (Å²) in [6.07, 6.45) is -1.71. The first kappa shape index (κ1) is 26.0. The van der Waals surface area contributed by atoms with Crippen LogP contribution in [0.15, 0.2) is 65.6 Å². The Bertz CT molecular complexity index is 1420. The molecule has 13 heteroatoms. The predicted octanol–water partition coefficient (Wildman–Crippen LogP) is 3.69. The molecular weight excluding hydrogens is 541 g/mol. The van der Waals surface area contributed by atoms with E-state index in [9.17, 15) is 14.7 Å². The van der Waals surface area contributed by atoms with Crippen LogP contribution in [0.2, 0.25) is 5.02 Å². The Morgan fingerprint density at radius 1 is 1.27 bits per heavy atom. The van der Waals surface area contributed by atoms with Gasteiger partial charge in [-0.05, 0) is 42.3 Å². The molecule has 3 unspecified atom stereocenters. The number of carbonyl (C=O) groups is 1. The van der Waals surface area contributed by atoms with Crippen molar-refractivity contribution in [2.45, 2.75) is 37.9 Å². The van der Waals surface area contributed by atoms with Gasteiger partial charge in [-0.2, -0.15) is 4.98 Å². The SMILES string of the molecule is CCc1ccc(C(=O)Nc2ccn([C@@H]3O[C@@H]4COP(=S)(Oc5ccccc5Cl)OC4C3O)c(=O)n2)cc1. The third-order valence-corrected chi connectivity index (χ3v) is 8.47. The lowest BCUT2D eigenvalue weighted by atomic mass is 10.1. The Hall–Kier alpha value is -2.63. The van der Waals surface area contributed by atoms with Crippen LogP contribution < -0.4 is 15.5 Å². The van der Waals surface area contributed by atoms with Crippen molar-refractivity contribution in [3.63, 3.8) is 0 Å². The smallest absolute Gasteiger partial charge is 0.381 e. The topological polar surface area (TPSA) is 121 Å². The number of aryl methyl sites for hydroxylation is 1. The highest BCUT2D eigenvalue weighted by Gasteiger charge is 2.52. The average Bonchev–Trinajstić information content (AvgIpc) is 3.20. The van der Waals surface area contributed by atoms with Gasteiger partial charge in [-0.25, -0.2) is 4.79 Å². The molecule has 0 aliphatic carbocycles. The Morgan fingerprint density at radius 3 is 2.73 bits per heavy atom. The molecule has 0 saturated carbocycles. The molecular formula is C24H23ClN3O7PS. The number of ether oxygens (including phenoxy) is 1. The number of aromatic nitrogens is 2. The summed E-state index contributed by atoms with van der Waals surface area (Å²) in [5.41, 5.74) is 0.816. The number of halogens is 1. The van der Waals surface area contributed by atoms with E-state index in [0.717, 1.165) is 16.6 Å². The number of benzene rings is 2. The first-order chi connectivity index (χ1) is 17.8. The van der Waals surface area contributed by atoms with Crippen LogP contribution in [0.3, 0.4) is 0 Å². The maximum atomic E-state index is 12.8. The van der Waals surface area contributed by atoms with Crippen LogP contribution in [0.25, 0.3) is 0 Å². The zero-order valence-electron chi connectivity index (χ0n) is 19.5. The monoisotopic (exact) mass is 563 g/mol. The second-order valence-electron chi connectivity index (χ2n) is 8.40. The zero-order chi connectivity index (χ0) is 26.2. The summed E-state index contributed by atoms with van der Waals surface area (Å²) in [7, 11) is 0. The van der Waals surface area contributed by atoms with Gasteiger partial charge < -0.3 is 19.7 Å². The Balaban J connectivity index is 1.28. The van der Waals surface area contributed by atoms with Crippen LogP contribution in [0.1, 0.15) is 29.1 Å². The van der Waals surface area contributed by atoms with E-state index in [4.69, 9.17) is 41.7 Å². The average molecular weight is 564 g/mol. The number of amides is 1. The van der Waals surface area contributed by atoms with Gasteiger partial charge in [0, 0.05) is 23.6 Å².